The van der Waals surface area contributed by atoms with Gasteiger partial charge in [-0.3, -0.25) is 9.59 Å². The molecule has 1 heterocycles. The Kier molecular flexibility index (Phi) is 5.53. The van der Waals surface area contributed by atoms with Crippen LogP contribution in [0.4, 0.5) is 5.69 Å². The number of amides is 2. The highest BCUT2D eigenvalue weighted by atomic mass is 16.6. The van der Waals surface area contributed by atoms with Gasteiger partial charge in [0.2, 0.25) is 11.8 Å². The first-order valence-corrected chi connectivity index (χ1v) is 8.32. The molecular weight excluding hydrogens is 332 g/mol. The average molecular weight is 352 g/mol. The monoisotopic (exact) mass is 352 g/mol. The number of para-hydroxylation sites is 2. The van der Waals surface area contributed by atoms with E-state index in [1.54, 1.807) is 18.2 Å². The second-order valence-electron chi connectivity index (χ2n) is 5.88. The zero-order chi connectivity index (χ0) is 18.4. The Hall–Kier alpha value is -3.28. The molecule has 6 nitrogen and oxygen atoms in total. The Balaban J connectivity index is 1.47. The zero-order valence-electron chi connectivity index (χ0n) is 14.4. The molecule has 6 heteroatoms. The molecular formula is C20H20N2O4. The lowest BCUT2D eigenvalue weighted by Gasteiger charge is -2.26. The minimum Gasteiger partial charge on any atom is -0.486 e. The minimum atomic E-state index is -0.223. The van der Waals surface area contributed by atoms with Crippen LogP contribution >= 0.6 is 0 Å². The van der Waals surface area contributed by atoms with Crippen LogP contribution in [0, 0.1) is 0 Å². The number of hydrogen-bond acceptors (Lipinski definition) is 4. The van der Waals surface area contributed by atoms with Gasteiger partial charge in [-0.2, -0.15) is 0 Å². The first-order chi connectivity index (χ1) is 12.6. The van der Waals surface area contributed by atoms with Crippen LogP contribution in [0.5, 0.6) is 11.5 Å². The van der Waals surface area contributed by atoms with Crippen LogP contribution in [-0.2, 0) is 9.59 Å². The van der Waals surface area contributed by atoms with E-state index in [9.17, 15) is 9.59 Å². The summed E-state index contributed by atoms with van der Waals surface area (Å²) >= 11 is 0. The summed E-state index contributed by atoms with van der Waals surface area (Å²) in [5.41, 5.74) is 1.58. The lowest BCUT2D eigenvalue weighted by molar-refractivity contribution is -0.117. The Morgan fingerprint density at radius 3 is 2.58 bits per heavy atom. The Morgan fingerprint density at radius 1 is 1.12 bits per heavy atom. The Bertz CT molecular complexity index is 815. The fourth-order valence-corrected chi connectivity index (χ4v) is 2.49. The highest BCUT2D eigenvalue weighted by Gasteiger charge is 2.20. The zero-order valence-corrected chi connectivity index (χ0v) is 14.4. The lowest BCUT2D eigenvalue weighted by Crippen LogP contribution is -2.40. The average Bonchev–Trinajstić information content (AvgIpc) is 2.65. The molecule has 0 saturated carbocycles. The van der Waals surface area contributed by atoms with E-state index in [0.717, 1.165) is 11.3 Å². The smallest absolute Gasteiger partial charge is 0.244 e. The molecule has 134 valence electrons. The van der Waals surface area contributed by atoms with Gasteiger partial charge in [0.1, 0.15) is 12.7 Å². The highest BCUT2D eigenvalue weighted by molar-refractivity contribution is 5.92. The number of rotatable bonds is 5. The minimum absolute atomic E-state index is 0.121. The number of anilines is 1. The standard InChI is InChI=1S/C20H20N2O4/c1-14(23)22-16-9-6-15(7-10-16)8-11-20(24)21-12-17-13-25-18-4-2-3-5-19(18)26-17/h2-11,17H,12-13H2,1H3,(H,21,24)(H,22,23). The van der Waals surface area contributed by atoms with Crippen molar-refractivity contribution in [2.24, 2.45) is 0 Å². The summed E-state index contributed by atoms with van der Waals surface area (Å²) in [7, 11) is 0. The number of benzene rings is 2. The third-order valence-electron chi connectivity index (χ3n) is 3.73. The molecule has 2 N–H and O–H groups in total. The van der Waals surface area contributed by atoms with Gasteiger partial charge in [0.25, 0.3) is 0 Å². The van der Waals surface area contributed by atoms with Crippen molar-refractivity contribution in [2.75, 3.05) is 18.5 Å². The molecule has 0 radical (unpaired) electrons. The van der Waals surface area contributed by atoms with E-state index >= 15 is 0 Å². The molecule has 0 aliphatic carbocycles. The maximum absolute atomic E-state index is 12.0. The molecule has 2 amide bonds. The van der Waals surface area contributed by atoms with Crippen molar-refractivity contribution in [2.45, 2.75) is 13.0 Å². The van der Waals surface area contributed by atoms with Crippen molar-refractivity contribution in [3.63, 3.8) is 0 Å². The number of nitrogens with one attached hydrogen (secondary N) is 2. The van der Waals surface area contributed by atoms with Crippen molar-refractivity contribution < 1.29 is 19.1 Å². The molecule has 0 aromatic heterocycles. The van der Waals surface area contributed by atoms with E-state index in [0.29, 0.717) is 24.6 Å². The summed E-state index contributed by atoms with van der Waals surface area (Å²) < 4.78 is 11.4. The van der Waals surface area contributed by atoms with E-state index < -0.39 is 0 Å². The van der Waals surface area contributed by atoms with E-state index in [1.807, 2.05) is 36.4 Å². The van der Waals surface area contributed by atoms with Gasteiger partial charge in [-0.1, -0.05) is 24.3 Å². The van der Waals surface area contributed by atoms with Crippen molar-refractivity contribution in [1.82, 2.24) is 5.32 Å². The predicted molar refractivity (Wildman–Crippen MR) is 99.1 cm³/mol. The molecule has 0 spiro atoms. The Labute approximate surface area is 151 Å². The number of carbonyl (C=O) groups excluding carboxylic acids is 2. The topological polar surface area (TPSA) is 76.7 Å². The molecule has 26 heavy (non-hydrogen) atoms. The second kappa shape index (κ2) is 8.20. The third-order valence-corrected chi connectivity index (χ3v) is 3.73. The maximum atomic E-state index is 12.0. The first kappa shape index (κ1) is 17.5. The quantitative estimate of drug-likeness (QED) is 0.811. The fourth-order valence-electron chi connectivity index (χ4n) is 2.49. The molecule has 3 rings (SSSR count). The highest BCUT2D eigenvalue weighted by Crippen LogP contribution is 2.30. The van der Waals surface area contributed by atoms with E-state index in [-0.39, 0.29) is 17.9 Å². The number of hydrogen-bond donors (Lipinski definition) is 2. The van der Waals surface area contributed by atoms with Crippen molar-refractivity contribution in [3.8, 4) is 11.5 Å². The van der Waals surface area contributed by atoms with Crippen molar-refractivity contribution in [1.29, 1.82) is 0 Å². The van der Waals surface area contributed by atoms with Gasteiger partial charge in [-0.25, -0.2) is 0 Å². The van der Waals surface area contributed by atoms with Gasteiger partial charge in [0.15, 0.2) is 11.5 Å². The molecule has 2 aromatic rings. The number of ether oxygens (including phenoxy) is 2. The summed E-state index contributed by atoms with van der Waals surface area (Å²) in [4.78, 5) is 23.0. The van der Waals surface area contributed by atoms with E-state index in [1.165, 1.54) is 13.0 Å². The van der Waals surface area contributed by atoms with Crippen LogP contribution in [0.1, 0.15) is 12.5 Å². The molecule has 2 aromatic carbocycles. The molecule has 1 unspecified atom stereocenters. The van der Waals surface area contributed by atoms with Crippen LogP contribution < -0.4 is 20.1 Å². The van der Waals surface area contributed by atoms with Gasteiger partial charge in [-0.15, -0.1) is 0 Å². The molecule has 0 saturated heterocycles. The van der Waals surface area contributed by atoms with Crippen LogP contribution in [0.2, 0.25) is 0 Å². The summed E-state index contributed by atoms with van der Waals surface area (Å²) in [6.45, 7) is 2.21. The molecule has 1 aliphatic heterocycles. The molecule has 0 fully saturated rings. The summed E-state index contributed by atoms with van der Waals surface area (Å²) in [6, 6.07) is 14.7. The number of carbonyl (C=O) groups is 2. The fraction of sp³-hybridized carbons (Fsp3) is 0.200. The maximum Gasteiger partial charge on any atom is 0.244 e. The predicted octanol–water partition coefficient (Wildman–Crippen LogP) is 2.61. The largest absolute Gasteiger partial charge is 0.486 e. The summed E-state index contributed by atoms with van der Waals surface area (Å²) in [5, 5.41) is 5.50. The van der Waals surface area contributed by atoms with Crippen LogP contribution in [-0.4, -0.2) is 31.1 Å². The van der Waals surface area contributed by atoms with Gasteiger partial charge in [0, 0.05) is 18.7 Å². The Morgan fingerprint density at radius 2 is 1.85 bits per heavy atom. The van der Waals surface area contributed by atoms with Crippen LogP contribution in [0.15, 0.2) is 54.6 Å². The van der Waals surface area contributed by atoms with Gasteiger partial charge >= 0.3 is 0 Å². The van der Waals surface area contributed by atoms with Crippen LogP contribution in [0.25, 0.3) is 6.08 Å². The van der Waals surface area contributed by atoms with Gasteiger partial charge in [0.05, 0.1) is 6.54 Å². The third kappa shape index (κ3) is 4.86. The molecule has 1 aliphatic rings. The van der Waals surface area contributed by atoms with E-state index in [4.69, 9.17) is 9.47 Å². The van der Waals surface area contributed by atoms with Crippen molar-refractivity contribution >= 4 is 23.6 Å². The first-order valence-electron chi connectivity index (χ1n) is 8.32. The van der Waals surface area contributed by atoms with Crippen molar-refractivity contribution in [3.05, 3.63) is 60.2 Å². The summed E-state index contributed by atoms with van der Waals surface area (Å²) in [6.07, 6.45) is 2.95. The second-order valence-corrected chi connectivity index (χ2v) is 5.88. The van der Waals surface area contributed by atoms with Crippen LogP contribution in [0.3, 0.4) is 0 Å². The van der Waals surface area contributed by atoms with Gasteiger partial charge in [-0.05, 0) is 35.9 Å². The molecule has 1 atom stereocenters. The van der Waals surface area contributed by atoms with E-state index in [2.05, 4.69) is 10.6 Å². The molecule has 0 bridgehead atoms. The van der Waals surface area contributed by atoms with Gasteiger partial charge < -0.3 is 20.1 Å². The lowest BCUT2D eigenvalue weighted by atomic mass is 10.2. The summed E-state index contributed by atoms with van der Waals surface area (Å²) in [5.74, 6) is 1.08. The number of fused-ring (bicyclic) bond motifs is 1. The normalized spacial score (nSPS) is 15.5. The SMILES string of the molecule is CC(=O)Nc1ccc(C=CC(=O)NCC2COc3ccccc3O2)cc1.